The van der Waals surface area contributed by atoms with Gasteiger partial charge < -0.3 is 21.5 Å². The zero-order chi connectivity index (χ0) is 24.3. The summed E-state index contributed by atoms with van der Waals surface area (Å²) in [6, 6.07) is 0. The van der Waals surface area contributed by atoms with Crippen LogP contribution in [0.3, 0.4) is 0 Å². The number of quaternary nitrogens is 1. The second-order valence-corrected chi connectivity index (χ2v) is 11.3. The summed E-state index contributed by atoms with van der Waals surface area (Å²) < 4.78 is 1.41. The first kappa shape index (κ1) is 36.6. The molecule has 0 amide bonds. The lowest BCUT2D eigenvalue weighted by atomic mass is 10.0. The fourth-order valence-electron chi connectivity index (χ4n) is 5.97. The van der Waals surface area contributed by atoms with Gasteiger partial charge in [0.15, 0.2) is 0 Å². The Morgan fingerprint density at radius 2 is 0.500 bits per heavy atom. The minimum atomic E-state index is 0. The monoisotopic (exact) mass is 545 g/mol. The van der Waals surface area contributed by atoms with Gasteiger partial charge in [0, 0.05) is 0 Å². The molecule has 0 heterocycles. The third-order valence-electron chi connectivity index (χ3n) is 7.83. The highest BCUT2D eigenvalue weighted by molar-refractivity contribution is 4.52. The number of halogens is 1. The van der Waals surface area contributed by atoms with Crippen LogP contribution in [0.4, 0.5) is 0 Å². The molecule has 34 heavy (non-hydrogen) atoms. The molecule has 0 fully saturated rings. The van der Waals surface area contributed by atoms with Crippen molar-refractivity contribution in [2.75, 3.05) is 26.2 Å². The summed E-state index contributed by atoms with van der Waals surface area (Å²) in [7, 11) is 0. The van der Waals surface area contributed by atoms with Crippen molar-refractivity contribution in [3.8, 4) is 0 Å². The van der Waals surface area contributed by atoms with Crippen LogP contribution in [0.5, 0.6) is 0 Å². The molecule has 0 aliphatic carbocycles. The second kappa shape index (κ2) is 29.7. The third kappa shape index (κ3) is 24.1. The first-order valence-electron chi connectivity index (χ1n) is 16.1. The molecule has 208 valence electrons. The van der Waals surface area contributed by atoms with E-state index in [4.69, 9.17) is 0 Å². The summed E-state index contributed by atoms with van der Waals surface area (Å²) in [5, 5.41) is 0. The number of hydrogen-bond donors (Lipinski definition) is 0. The number of hydrogen-bond acceptors (Lipinski definition) is 0. The van der Waals surface area contributed by atoms with Crippen molar-refractivity contribution in [2.24, 2.45) is 0 Å². The molecule has 0 aliphatic rings. The van der Waals surface area contributed by atoms with Gasteiger partial charge in [-0.25, -0.2) is 0 Å². The van der Waals surface area contributed by atoms with Crippen molar-refractivity contribution < 1.29 is 21.5 Å². The predicted molar refractivity (Wildman–Crippen MR) is 153 cm³/mol. The Labute approximate surface area is 229 Å². The number of unbranched alkanes of at least 4 members (excludes halogenated alkanes) is 20. The largest absolute Gasteiger partial charge is 1.00 e. The van der Waals surface area contributed by atoms with Crippen molar-refractivity contribution in [1.29, 1.82) is 0 Å². The molecule has 0 aliphatic heterocycles. The van der Waals surface area contributed by atoms with Gasteiger partial charge in [-0.2, -0.15) is 0 Å². The van der Waals surface area contributed by atoms with Crippen LogP contribution in [0, 0.1) is 0 Å². The van der Waals surface area contributed by atoms with Crippen LogP contribution in [0.15, 0.2) is 0 Å². The molecule has 0 bridgehead atoms. The minimum Gasteiger partial charge on any atom is -1.00 e. The summed E-state index contributed by atoms with van der Waals surface area (Å²) in [6.07, 6.45) is 35.0. The van der Waals surface area contributed by atoms with Crippen LogP contribution in [0.1, 0.15) is 182 Å². The van der Waals surface area contributed by atoms with Gasteiger partial charge in [-0.05, 0) is 32.1 Å². The maximum atomic E-state index is 2.37. The molecule has 0 saturated carbocycles. The normalized spacial score (nSPS) is 11.6. The smallest absolute Gasteiger partial charge is 0.0786 e. The molecule has 1 nitrogen and oxygen atoms in total. The predicted octanol–water partition coefficient (Wildman–Crippen LogP) is 8.25. The molecule has 0 aromatic carbocycles. The Bertz CT molecular complexity index is 340. The molecule has 0 spiro atoms. The summed E-state index contributed by atoms with van der Waals surface area (Å²) in [5.41, 5.74) is 0. The summed E-state index contributed by atoms with van der Waals surface area (Å²) in [6.45, 7) is 15.1. The molecule has 0 radical (unpaired) electrons. The van der Waals surface area contributed by atoms with E-state index >= 15 is 0 Å². The van der Waals surface area contributed by atoms with Crippen molar-refractivity contribution in [3.63, 3.8) is 0 Å². The highest BCUT2D eigenvalue weighted by Gasteiger charge is 2.23. The van der Waals surface area contributed by atoms with Gasteiger partial charge >= 0.3 is 0 Å². The summed E-state index contributed by atoms with van der Waals surface area (Å²) in [5.74, 6) is 0. The third-order valence-corrected chi connectivity index (χ3v) is 7.83. The number of rotatable bonds is 28. The van der Waals surface area contributed by atoms with Crippen LogP contribution < -0.4 is 17.0 Å². The van der Waals surface area contributed by atoms with Gasteiger partial charge in [0.05, 0.1) is 26.2 Å². The molecule has 0 rings (SSSR count). The van der Waals surface area contributed by atoms with E-state index in [0.29, 0.717) is 0 Å². The maximum Gasteiger partial charge on any atom is 0.0786 e. The van der Waals surface area contributed by atoms with Crippen molar-refractivity contribution in [3.05, 3.63) is 0 Å². The lowest BCUT2D eigenvalue weighted by Crippen LogP contribution is -3.00. The van der Waals surface area contributed by atoms with E-state index in [2.05, 4.69) is 27.7 Å². The lowest BCUT2D eigenvalue weighted by Gasteiger charge is -2.38. The van der Waals surface area contributed by atoms with Gasteiger partial charge in [-0.3, -0.25) is 0 Å². The Balaban J connectivity index is 0. The van der Waals surface area contributed by atoms with E-state index in [0.717, 1.165) is 0 Å². The first-order chi connectivity index (χ1) is 16.2. The Morgan fingerprint density at radius 3 is 0.735 bits per heavy atom. The van der Waals surface area contributed by atoms with Gasteiger partial charge in [-0.1, -0.05) is 150 Å². The van der Waals surface area contributed by atoms with Crippen LogP contribution in [0.2, 0.25) is 0 Å². The van der Waals surface area contributed by atoms with Crippen molar-refractivity contribution in [1.82, 2.24) is 0 Å². The SMILES string of the molecule is CCCCCCCCCCCCCCCCCCCCCCC[N+](CCC)(CCC)CCC.[Br-]. The lowest BCUT2D eigenvalue weighted by molar-refractivity contribution is -0.928. The topological polar surface area (TPSA) is 0 Å². The average Bonchev–Trinajstić information content (AvgIpc) is 2.80. The van der Waals surface area contributed by atoms with E-state index in [1.807, 2.05) is 0 Å². The number of nitrogens with zero attached hydrogens (tertiary/aromatic N) is 1. The molecular formula is C32H68BrN. The Hall–Kier alpha value is 0.440. The van der Waals surface area contributed by atoms with E-state index in [-0.39, 0.29) is 17.0 Å². The highest BCUT2D eigenvalue weighted by Crippen LogP contribution is 2.17. The van der Waals surface area contributed by atoms with Crippen molar-refractivity contribution in [2.45, 2.75) is 182 Å². The average molecular weight is 547 g/mol. The molecule has 0 unspecified atom stereocenters. The van der Waals surface area contributed by atoms with Gasteiger partial charge in [0.25, 0.3) is 0 Å². The van der Waals surface area contributed by atoms with E-state index < -0.39 is 0 Å². The fourth-order valence-corrected chi connectivity index (χ4v) is 5.97. The van der Waals surface area contributed by atoms with Gasteiger partial charge in [0.1, 0.15) is 0 Å². The molecule has 0 N–H and O–H groups in total. The standard InChI is InChI=1S/C32H68N.BrH/c1-5-9-10-11-12-13-14-15-16-17-18-19-20-21-22-23-24-25-26-27-28-32-33(29-6-2,30-7-3)31-8-4;/h5-32H2,1-4H3;1H/q+1;/p-1. The van der Waals surface area contributed by atoms with Gasteiger partial charge in [-0.15, -0.1) is 0 Å². The molecular weight excluding hydrogens is 478 g/mol. The van der Waals surface area contributed by atoms with Crippen LogP contribution in [-0.2, 0) is 0 Å². The van der Waals surface area contributed by atoms with Crippen LogP contribution >= 0.6 is 0 Å². The Kier molecular flexibility index (Phi) is 31.9. The highest BCUT2D eigenvalue weighted by atomic mass is 79.9. The van der Waals surface area contributed by atoms with Crippen molar-refractivity contribution >= 4 is 0 Å². The first-order valence-corrected chi connectivity index (χ1v) is 16.1. The zero-order valence-electron chi connectivity index (χ0n) is 24.6. The zero-order valence-corrected chi connectivity index (χ0v) is 26.2. The van der Waals surface area contributed by atoms with E-state index in [9.17, 15) is 0 Å². The van der Waals surface area contributed by atoms with Crippen LogP contribution in [0.25, 0.3) is 0 Å². The minimum absolute atomic E-state index is 0. The quantitative estimate of drug-likeness (QED) is 0.0685. The molecule has 0 aromatic heterocycles. The van der Waals surface area contributed by atoms with Gasteiger partial charge in [0.2, 0.25) is 0 Å². The molecule has 0 atom stereocenters. The van der Waals surface area contributed by atoms with E-state index in [1.165, 1.54) is 185 Å². The summed E-state index contributed by atoms with van der Waals surface area (Å²) in [4.78, 5) is 0. The van der Waals surface area contributed by atoms with Crippen LogP contribution in [-0.4, -0.2) is 30.7 Å². The molecule has 2 heteroatoms. The Morgan fingerprint density at radius 1 is 0.265 bits per heavy atom. The molecule has 0 aromatic rings. The molecule has 0 saturated heterocycles. The van der Waals surface area contributed by atoms with E-state index in [1.54, 1.807) is 0 Å². The maximum absolute atomic E-state index is 2.37. The second-order valence-electron chi connectivity index (χ2n) is 11.3. The fraction of sp³-hybridized carbons (Fsp3) is 1.00. The summed E-state index contributed by atoms with van der Waals surface area (Å²) >= 11 is 0.